The van der Waals surface area contributed by atoms with E-state index < -0.39 is 29.2 Å². The molecule has 0 amide bonds. The van der Waals surface area contributed by atoms with E-state index in [2.05, 4.69) is 47.6 Å². The second-order valence-corrected chi connectivity index (χ2v) is 16.5. The highest BCUT2D eigenvalue weighted by Crippen LogP contribution is 2.78. The number of carbonyl (C=O) groups is 2. The van der Waals surface area contributed by atoms with E-state index in [4.69, 9.17) is 14.2 Å². The van der Waals surface area contributed by atoms with E-state index in [-0.39, 0.29) is 39.4 Å². The molecule has 2 heterocycles. The van der Waals surface area contributed by atoms with Crippen LogP contribution in [0.15, 0.2) is 23.3 Å². The summed E-state index contributed by atoms with van der Waals surface area (Å²) in [5.41, 5.74) is 1.07. The second kappa shape index (κ2) is 9.42. The van der Waals surface area contributed by atoms with Gasteiger partial charge in [-0.3, -0.25) is 4.79 Å². The number of carboxylic acid groups (broad SMARTS) is 1. The molecule has 5 aliphatic carbocycles. The first-order valence-electron chi connectivity index (χ1n) is 16.5. The predicted octanol–water partition coefficient (Wildman–Crippen LogP) is 7.57. The molecule has 0 unspecified atom stereocenters. The zero-order valence-electron chi connectivity index (χ0n) is 27.5. The van der Waals surface area contributed by atoms with Gasteiger partial charge in [0.1, 0.15) is 11.5 Å². The van der Waals surface area contributed by atoms with Crippen molar-refractivity contribution in [3.05, 3.63) is 23.3 Å². The molecular formula is C36H54O6. The molecule has 6 nitrogen and oxygen atoms in total. The second-order valence-electron chi connectivity index (χ2n) is 16.5. The quantitative estimate of drug-likeness (QED) is 0.209. The van der Waals surface area contributed by atoms with Gasteiger partial charge in [-0.25, -0.2) is 4.79 Å². The summed E-state index contributed by atoms with van der Waals surface area (Å²) in [6.45, 7) is 18.7. The van der Waals surface area contributed by atoms with Gasteiger partial charge in [0.05, 0.1) is 6.61 Å². The van der Waals surface area contributed by atoms with Crippen LogP contribution in [0.5, 0.6) is 0 Å². The highest BCUT2D eigenvalue weighted by molar-refractivity contribution is 5.84. The summed E-state index contributed by atoms with van der Waals surface area (Å²) in [6, 6.07) is 0. The molecule has 2 aliphatic heterocycles. The maximum atomic E-state index is 13.5. The third-order valence-corrected chi connectivity index (χ3v) is 14.8. The van der Waals surface area contributed by atoms with Gasteiger partial charge in [-0.1, -0.05) is 58.8 Å². The molecule has 11 atom stereocenters. The standard InChI is InChI=1S/C36H54O6/c1-21(2)18-28(37)42-27-19-22(3)23(4)29-24-10-11-26-33(8,32(24,7)14-16-35(27,29)30(38)39)13-12-25-31(5,6)36(40-9)17-15-34(25,26)20-41-36/h10,18,22-23,25-27,29H,11-17,19-20H2,1-9H3,(H,38,39)/t22-,23+,25+,26+,27-,29+,32-,33-,34+,35-,36-/m1/s1. The summed E-state index contributed by atoms with van der Waals surface area (Å²) < 4.78 is 19.0. The first-order chi connectivity index (χ1) is 19.6. The van der Waals surface area contributed by atoms with Gasteiger partial charge in [0, 0.05) is 36.4 Å². The molecule has 1 spiro atoms. The molecule has 2 saturated heterocycles. The van der Waals surface area contributed by atoms with Gasteiger partial charge in [-0.15, -0.1) is 0 Å². The van der Waals surface area contributed by atoms with E-state index in [0.717, 1.165) is 50.7 Å². The summed E-state index contributed by atoms with van der Waals surface area (Å²) in [6.07, 6.45) is 10.6. The molecular weight excluding hydrogens is 528 g/mol. The fourth-order valence-electron chi connectivity index (χ4n) is 12.3. The molecule has 7 aliphatic rings. The lowest BCUT2D eigenvalue weighted by molar-refractivity contribution is -0.402. The van der Waals surface area contributed by atoms with E-state index >= 15 is 0 Å². The molecule has 6 heteroatoms. The summed E-state index contributed by atoms with van der Waals surface area (Å²) in [7, 11) is 1.82. The first kappa shape index (κ1) is 30.4. The minimum Gasteiger partial charge on any atom is -0.481 e. The Morgan fingerprint density at radius 2 is 1.74 bits per heavy atom. The van der Waals surface area contributed by atoms with Crippen LogP contribution in [0.4, 0.5) is 0 Å². The van der Waals surface area contributed by atoms with Crippen LogP contribution in [0.3, 0.4) is 0 Å². The minimum absolute atomic E-state index is 0.0384. The van der Waals surface area contributed by atoms with Crippen molar-refractivity contribution in [2.24, 2.45) is 56.7 Å². The molecule has 42 heavy (non-hydrogen) atoms. The van der Waals surface area contributed by atoms with Crippen LogP contribution in [-0.4, -0.2) is 42.7 Å². The maximum Gasteiger partial charge on any atom is 0.330 e. The highest BCUT2D eigenvalue weighted by atomic mass is 16.7. The maximum absolute atomic E-state index is 13.5. The number of fused-ring (bicyclic) bond motifs is 7. The van der Waals surface area contributed by atoms with Crippen molar-refractivity contribution in [3.8, 4) is 0 Å². The highest BCUT2D eigenvalue weighted by Gasteiger charge is 2.75. The van der Waals surface area contributed by atoms with Crippen LogP contribution in [-0.2, 0) is 23.8 Å². The van der Waals surface area contributed by atoms with Crippen molar-refractivity contribution in [2.75, 3.05) is 13.7 Å². The number of esters is 1. The number of hydrogen-bond donors (Lipinski definition) is 1. The van der Waals surface area contributed by atoms with Crippen molar-refractivity contribution in [2.45, 2.75) is 119 Å². The summed E-state index contributed by atoms with van der Waals surface area (Å²) >= 11 is 0. The number of allylic oxidation sites excluding steroid dienone is 3. The molecule has 7 rings (SSSR count). The number of aliphatic carboxylic acids is 1. The SMILES string of the molecule is CO[C@]12CC[C@@]3(CO1)[C@H]1CC=C4[C@@H]5[C@@H](C)[C@H](C)C[C@@H](OC(=O)C=C(C)C)[C@]5(C(=O)O)CC[C@@]4(C)[C@]1(C)CC[C@H]3C2(C)C. The average molecular weight is 583 g/mol. The Labute approximate surface area is 253 Å². The van der Waals surface area contributed by atoms with Gasteiger partial charge in [0.25, 0.3) is 0 Å². The van der Waals surface area contributed by atoms with Gasteiger partial charge >= 0.3 is 11.9 Å². The third kappa shape index (κ3) is 3.51. The molecule has 0 aromatic rings. The fraction of sp³-hybridized carbons (Fsp3) is 0.833. The average Bonchev–Trinajstić information content (AvgIpc) is 2.91. The van der Waals surface area contributed by atoms with Crippen LogP contribution < -0.4 is 0 Å². The van der Waals surface area contributed by atoms with Gasteiger partial charge in [0.2, 0.25) is 0 Å². The Balaban J connectivity index is 1.44. The Morgan fingerprint density at radius 3 is 2.33 bits per heavy atom. The molecule has 2 bridgehead atoms. The summed E-state index contributed by atoms with van der Waals surface area (Å²) in [5.74, 6) is -0.404. The number of ether oxygens (including phenoxy) is 3. The van der Waals surface area contributed by atoms with Gasteiger partial charge in [0.15, 0.2) is 5.79 Å². The van der Waals surface area contributed by atoms with Gasteiger partial charge < -0.3 is 19.3 Å². The number of methoxy groups -OCH3 is 1. The van der Waals surface area contributed by atoms with Crippen LogP contribution in [0, 0.1) is 56.7 Å². The van der Waals surface area contributed by atoms with E-state index in [1.54, 1.807) is 0 Å². The Kier molecular flexibility index (Phi) is 6.81. The number of carboxylic acids is 1. The summed E-state index contributed by atoms with van der Waals surface area (Å²) in [5, 5.41) is 11.0. The van der Waals surface area contributed by atoms with Crippen LogP contribution in [0.1, 0.15) is 107 Å². The number of carbonyl (C=O) groups excluding carboxylic acids is 1. The van der Waals surface area contributed by atoms with Crippen molar-refractivity contribution in [1.29, 1.82) is 0 Å². The van der Waals surface area contributed by atoms with Crippen molar-refractivity contribution >= 4 is 11.9 Å². The molecule has 234 valence electrons. The Hall–Kier alpha value is -1.66. The van der Waals surface area contributed by atoms with E-state index in [1.165, 1.54) is 11.6 Å². The molecule has 0 radical (unpaired) electrons. The van der Waals surface area contributed by atoms with E-state index in [1.807, 2.05) is 21.0 Å². The van der Waals surface area contributed by atoms with Crippen molar-refractivity contribution in [1.82, 2.24) is 0 Å². The van der Waals surface area contributed by atoms with Crippen LogP contribution >= 0.6 is 0 Å². The number of rotatable bonds is 4. The first-order valence-corrected chi connectivity index (χ1v) is 16.5. The molecule has 0 aromatic carbocycles. The normalized spacial score (nSPS) is 50.3. The van der Waals surface area contributed by atoms with E-state index in [0.29, 0.717) is 24.7 Å². The predicted molar refractivity (Wildman–Crippen MR) is 161 cm³/mol. The van der Waals surface area contributed by atoms with Gasteiger partial charge in [-0.2, -0.15) is 0 Å². The zero-order valence-corrected chi connectivity index (χ0v) is 27.5. The largest absolute Gasteiger partial charge is 0.481 e. The molecule has 6 fully saturated rings. The number of hydrogen-bond acceptors (Lipinski definition) is 5. The van der Waals surface area contributed by atoms with Crippen molar-refractivity contribution in [3.63, 3.8) is 0 Å². The summed E-state index contributed by atoms with van der Waals surface area (Å²) in [4.78, 5) is 26.4. The molecule has 4 saturated carbocycles. The van der Waals surface area contributed by atoms with E-state index in [9.17, 15) is 14.7 Å². The zero-order chi connectivity index (χ0) is 30.7. The van der Waals surface area contributed by atoms with Crippen LogP contribution in [0.2, 0.25) is 0 Å². The lowest BCUT2D eigenvalue weighted by atomic mass is 9.32. The molecule has 1 N–H and O–H groups in total. The van der Waals surface area contributed by atoms with Crippen molar-refractivity contribution < 1.29 is 28.9 Å². The Morgan fingerprint density at radius 1 is 1.02 bits per heavy atom. The minimum atomic E-state index is -1.10. The smallest absolute Gasteiger partial charge is 0.330 e. The third-order valence-electron chi connectivity index (χ3n) is 14.8. The Bertz CT molecular complexity index is 1220. The van der Waals surface area contributed by atoms with Gasteiger partial charge in [-0.05, 0) is 93.3 Å². The lowest BCUT2D eigenvalue weighted by Gasteiger charge is -2.75. The lowest BCUT2D eigenvalue weighted by Crippen LogP contribution is -2.74. The van der Waals surface area contributed by atoms with Crippen LogP contribution in [0.25, 0.3) is 0 Å². The topological polar surface area (TPSA) is 82.1 Å². The molecule has 0 aromatic heterocycles. The monoisotopic (exact) mass is 582 g/mol. The fourth-order valence-corrected chi connectivity index (χ4v) is 12.3.